The van der Waals surface area contributed by atoms with Crippen LogP contribution in [0.25, 0.3) is 0 Å². The highest BCUT2D eigenvalue weighted by molar-refractivity contribution is 7.99. The van der Waals surface area contributed by atoms with Crippen LogP contribution in [0.2, 0.25) is 15.1 Å². The van der Waals surface area contributed by atoms with Gasteiger partial charge in [-0.2, -0.15) is 11.8 Å². The molecule has 1 unspecified atom stereocenters. The van der Waals surface area contributed by atoms with Gasteiger partial charge in [0.15, 0.2) is 0 Å². The number of nitrogens with two attached hydrogens (primary N) is 1. The SMILES string of the molecule is CC(CN)CSCC(=O)Nc1cc(Cl)c(Cl)cc1Cl. The van der Waals surface area contributed by atoms with Gasteiger partial charge < -0.3 is 11.1 Å². The van der Waals surface area contributed by atoms with E-state index in [-0.39, 0.29) is 5.91 Å². The number of benzene rings is 1. The highest BCUT2D eigenvalue weighted by Gasteiger charge is 2.10. The van der Waals surface area contributed by atoms with Gasteiger partial charge in [-0.25, -0.2) is 0 Å². The molecule has 1 aromatic carbocycles. The zero-order valence-corrected chi connectivity index (χ0v) is 13.5. The first-order valence-electron chi connectivity index (χ1n) is 5.66. The average Bonchev–Trinajstić information content (AvgIpc) is 2.35. The zero-order valence-electron chi connectivity index (χ0n) is 10.4. The lowest BCUT2D eigenvalue weighted by Gasteiger charge is -2.10. The normalized spacial score (nSPS) is 12.3. The van der Waals surface area contributed by atoms with Crippen LogP contribution in [-0.4, -0.2) is 24.0 Å². The molecule has 7 heteroatoms. The summed E-state index contributed by atoms with van der Waals surface area (Å²) < 4.78 is 0. The Morgan fingerprint density at radius 2 is 1.95 bits per heavy atom. The molecule has 0 aliphatic carbocycles. The summed E-state index contributed by atoms with van der Waals surface area (Å²) in [6.07, 6.45) is 0. The van der Waals surface area contributed by atoms with E-state index in [9.17, 15) is 4.79 Å². The third-order valence-corrected chi connectivity index (χ3v) is 4.63. The van der Waals surface area contributed by atoms with Crippen LogP contribution in [0, 0.1) is 5.92 Å². The van der Waals surface area contributed by atoms with Crippen molar-refractivity contribution in [3.05, 3.63) is 27.2 Å². The molecule has 1 aromatic rings. The number of halogens is 3. The van der Waals surface area contributed by atoms with Crippen molar-refractivity contribution >= 4 is 58.2 Å². The standard InChI is InChI=1S/C12H15Cl3N2OS/c1-7(4-16)5-19-6-12(18)17-11-3-9(14)8(13)2-10(11)15/h2-3,7H,4-6,16H2,1H3,(H,17,18). The fourth-order valence-corrected chi connectivity index (χ4v) is 2.73. The van der Waals surface area contributed by atoms with Gasteiger partial charge in [0.1, 0.15) is 0 Å². The molecule has 0 saturated carbocycles. The predicted molar refractivity (Wildman–Crippen MR) is 85.6 cm³/mol. The summed E-state index contributed by atoms with van der Waals surface area (Å²) in [5.74, 6) is 1.46. The molecule has 106 valence electrons. The van der Waals surface area contributed by atoms with Crippen molar-refractivity contribution in [3.8, 4) is 0 Å². The molecule has 0 heterocycles. The molecule has 19 heavy (non-hydrogen) atoms. The molecule has 0 aliphatic rings. The van der Waals surface area contributed by atoms with Crippen LogP contribution in [0.3, 0.4) is 0 Å². The van der Waals surface area contributed by atoms with Crippen LogP contribution in [0.15, 0.2) is 12.1 Å². The summed E-state index contributed by atoms with van der Waals surface area (Å²) in [5.41, 5.74) is 5.97. The van der Waals surface area contributed by atoms with E-state index in [1.807, 2.05) is 6.92 Å². The zero-order chi connectivity index (χ0) is 14.4. The molecule has 0 aliphatic heterocycles. The number of hydrogen-bond donors (Lipinski definition) is 2. The van der Waals surface area contributed by atoms with Crippen molar-refractivity contribution in [1.82, 2.24) is 0 Å². The number of thioether (sulfide) groups is 1. The van der Waals surface area contributed by atoms with Crippen LogP contribution >= 0.6 is 46.6 Å². The topological polar surface area (TPSA) is 55.1 Å². The van der Waals surface area contributed by atoms with Crippen LogP contribution < -0.4 is 11.1 Å². The number of amides is 1. The van der Waals surface area contributed by atoms with E-state index in [1.54, 1.807) is 0 Å². The number of carbonyl (C=O) groups is 1. The fourth-order valence-electron chi connectivity index (χ4n) is 1.23. The Morgan fingerprint density at radius 1 is 1.32 bits per heavy atom. The Hall–Kier alpha value is -0.130. The Labute approximate surface area is 132 Å². The monoisotopic (exact) mass is 340 g/mol. The number of anilines is 1. The van der Waals surface area contributed by atoms with E-state index in [4.69, 9.17) is 40.5 Å². The second-order valence-corrected chi connectivity index (χ2v) is 6.40. The molecule has 3 N–H and O–H groups in total. The number of carbonyl (C=O) groups excluding carboxylic acids is 1. The Bertz CT molecular complexity index is 457. The van der Waals surface area contributed by atoms with Crippen LogP contribution in [-0.2, 0) is 4.79 Å². The van der Waals surface area contributed by atoms with Crippen molar-refractivity contribution in [2.24, 2.45) is 11.7 Å². The van der Waals surface area contributed by atoms with Gasteiger partial charge in [-0.1, -0.05) is 41.7 Å². The lowest BCUT2D eigenvalue weighted by Crippen LogP contribution is -2.17. The molecule has 1 amide bonds. The summed E-state index contributed by atoms with van der Waals surface area (Å²) in [7, 11) is 0. The third-order valence-electron chi connectivity index (χ3n) is 2.32. The minimum absolute atomic E-state index is 0.130. The lowest BCUT2D eigenvalue weighted by atomic mass is 10.2. The fraction of sp³-hybridized carbons (Fsp3) is 0.417. The number of hydrogen-bond acceptors (Lipinski definition) is 3. The summed E-state index contributed by atoms with van der Waals surface area (Å²) >= 11 is 19.2. The molecule has 0 aromatic heterocycles. The molecular formula is C12H15Cl3N2OS. The Balaban J connectivity index is 2.51. The Kier molecular flexibility index (Phi) is 7.32. The van der Waals surface area contributed by atoms with Gasteiger partial charge >= 0.3 is 0 Å². The highest BCUT2D eigenvalue weighted by Crippen LogP contribution is 2.32. The minimum Gasteiger partial charge on any atom is -0.330 e. The summed E-state index contributed by atoms with van der Waals surface area (Å²) in [6, 6.07) is 3.04. The molecule has 0 radical (unpaired) electrons. The van der Waals surface area contributed by atoms with Gasteiger partial charge in [-0.15, -0.1) is 0 Å². The number of nitrogens with one attached hydrogen (secondary N) is 1. The van der Waals surface area contributed by atoms with E-state index >= 15 is 0 Å². The maximum absolute atomic E-state index is 11.7. The largest absolute Gasteiger partial charge is 0.330 e. The summed E-state index contributed by atoms with van der Waals surface area (Å²) in [6.45, 7) is 2.66. The van der Waals surface area contributed by atoms with E-state index in [0.29, 0.717) is 39.0 Å². The molecule has 0 bridgehead atoms. The van der Waals surface area contributed by atoms with E-state index < -0.39 is 0 Å². The van der Waals surface area contributed by atoms with Gasteiger partial charge in [-0.3, -0.25) is 4.79 Å². The Morgan fingerprint density at radius 3 is 2.58 bits per heavy atom. The average molecular weight is 342 g/mol. The lowest BCUT2D eigenvalue weighted by molar-refractivity contribution is -0.113. The second kappa shape index (κ2) is 8.22. The first-order valence-corrected chi connectivity index (χ1v) is 7.95. The van der Waals surface area contributed by atoms with E-state index in [0.717, 1.165) is 5.75 Å². The van der Waals surface area contributed by atoms with Crippen LogP contribution in [0.4, 0.5) is 5.69 Å². The summed E-state index contributed by atoms with van der Waals surface area (Å²) in [4.78, 5) is 11.7. The van der Waals surface area contributed by atoms with Crippen molar-refractivity contribution in [2.75, 3.05) is 23.4 Å². The van der Waals surface area contributed by atoms with Crippen molar-refractivity contribution in [2.45, 2.75) is 6.92 Å². The van der Waals surface area contributed by atoms with Crippen molar-refractivity contribution in [1.29, 1.82) is 0 Å². The van der Waals surface area contributed by atoms with Crippen molar-refractivity contribution < 1.29 is 4.79 Å². The van der Waals surface area contributed by atoms with Gasteiger partial charge in [-0.05, 0) is 30.3 Å². The molecule has 3 nitrogen and oxygen atoms in total. The summed E-state index contributed by atoms with van der Waals surface area (Å²) in [5, 5.41) is 3.78. The first-order chi connectivity index (χ1) is 8.93. The van der Waals surface area contributed by atoms with E-state index in [1.165, 1.54) is 23.9 Å². The maximum atomic E-state index is 11.7. The first kappa shape index (κ1) is 16.9. The molecule has 0 fully saturated rings. The predicted octanol–water partition coefficient (Wildman–Crippen LogP) is 3.91. The van der Waals surface area contributed by atoms with Crippen LogP contribution in [0.5, 0.6) is 0 Å². The molecule has 0 saturated heterocycles. The maximum Gasteiger partial charge on any atom is 0.234 e. The number of rotatable bonds is 6. The van der Waals surface area contributed by atoms with Gasteiger partial charge in [0, 0.05) is 0 Å². The molecular weight excluding hydrogens is 327 g/mol. The third kappa shape index (κ3) is 5.79. The van der Waals surface area contributed by atoms with Gasteiger partial charge in [0.25, 0.3) is 0 Å². The van der Waals surface area contributed by atoms with Crippen LogP contribution in [0.1, 0.15) is 6.92 Å². The van der Waals surface area contributed by atoms with E-state index in [2.05, 4.69) is 5.32 Å². The van der Waals surface area contributed by atoms with Crippen molar-refractivity contribution in [3.63, 3.8) is 0 Å². The molecule has 1 atom stereocenters. The highest BCUT2D eigenvalue weighted by atomic mass is 35.5. The smallest absolute Gasteiger partial charge is 0.234 e. The minimum atomic E-state index is -0.130. The molecule has 0 spiro atoms. The van der Waals surface area contributed by atoms with Gasteiger partial charge in [0.05, 0.1) is 26.5 Å². The molecule has 1 rings (SSSR count). The van der Waals surface area contributed by atoms with Gasteiger partial charge in [0.2, 0.25) is 5.91 Å². The second-order valence-electron chi connectivity index (χ2n) is 4.15. The quantitative estimate of drug-likeness (QED) is 0.771.